The third-order valence-corrected chi connectivity index (χ3v) is 7.81. The van der Waals surface area contributed by atoms with E-state index in [1.165, 1.54) is 0 Å². The van der Waals surface area contributed by atoms with Crippen LogP contribution in [0.1, 0.15) is 81.4 Å². The van der Waals surface area contributed by atoms with Gasteiger partial charge in [-0.05, 0) is 69.1 Å². The van der Waals surface area contributed by atoms with E-state index < -0.39 is 18.8 Å². The third kappa shape index (κ3) is 4.45. The normalized spacial score (nSPS) is 16.8. The highest BCUT2D eigenvalue weighted by molar-refractivity contribution is 7.56. The zero-order chi connectivity index (χ0) is 22.0. The molecule has 0 radical (unpaired) electrons. The summed E-state index contributed by atoms with van der Waals surface area (Å²) in [6, 6.07) is 1.71. The summed E-state index contributed by atoms with van der Waals surface area (Å²) in [4.78, 5) is 13.5. The molecule has 2 rings (SSSR count). The van der Waals surface area contributed by atoms with Gasteiger partial charge in [0.1, 0.15) is 5.75 Å². The van der Waals surface area contributed by atoms with E-state index in [-0.39, 0.29) is 24.2 Å². The van der Waals surface area contributed by atoms with Crippen molar-refractivity contribution < 1.29 is 27.5 Å². The molecule has 1 unspecified atom stereocenters. The van der Waals surface area contributed by atoms with Crippen LogP contribution in [0.4, 0.5) is 4.39 Å². The van der Waals surface area contributed by atoms with Crippen LogP contribution in [0.15, 0.2) is 6.07 Å². The molecule has 0 bridgehead atoms. The zero-order valence-corrected chi connectivity index (χ0v) is 19.6. The Balaban J connectivity index is 2.73. The lowest BCUT2D eigenvalue weighted by molar-refractivity contribution is 0.0769. The van der Waals surface area contributed by atoms with E-state index in [9.17, 15) is 9.36 Å². The Kier molecular flexibility index (Phi) is 7.35. The molecule has 0 aliphatic heterocycles. The van der Waals surface area contributed by atoms with Gasteiger partial charge in [0.05, 0.1) is 20.3 Å². The van der Waals surface area contributed by atoms with E-state index >= 15 is 4.39 Å². The number of methoxy groups -OCH3 is 1. The molecule has 1 aliphatic carbocycles. The fourth-order valence-corrected chi connectivity index (χ4v) is 5.50. The lowest BCUT2D eigenvalue weighted by atomic mass is 9.77. The van der Waals surface area contributed by atoms with E-state index in [2.05, 4.69) is 0 Å². The molecule has 0 amide bonds. The van der Waals surface area contributed by atoms with Crippen LogP contribution >= 0.6 is 7.60 Å². The van der Waals surface area contributed by atoms with Crippen molar-refractivity contribution in [2.75, 3.05) is 20.3 Å². The maximum atomic E-state index is 15.9. The molecule has 29 heavy (non-hydrogen) atoms. The average Bonchev–Trinajstić information content (AvgIpc) is 2.65. The average molecular weight is 428 g/mol. The predicted molar refractivity (Wildman–Crippen MR) is 113 cm³/mol. The number of carbonyl (C=O) groups excluding carboxylic acids is 1. The minimum Gasteiger partial charge on any atom is -0.496 e. The molecule has 1 aliphatic rings. The Morgan fingerprint density at radius 1 is 1.07 bits per heavy atom. The topological polar surface area (TPSA) is 61.8 Å². The molecule has 1 aromatic rings. The van der Waals surface area contributed by atoms with Gasteiger partial charge in [0.15, 0.2) is 0 Å². The number of rotatable bonds is 8. The van der Waals surface area contributed by atoms with Crippen molar-refractivity contribution >= 4 is 13.4 Å². The lowest BCUT2D eigenvalue weighted by Gasteiger charge is -2.32. The van der Waals surface area contributed by atoms with Gasteiger partial charge in [0, 0.05) is 11.1 Å². The summed E-state index contributed by atoms with van der Waals surface area (Å²) in [5.41, 5.74) is 2.52. The summed E-state index contributed by atoms with van der Waals surface area (Å²) in [5, 5.41) is -2.78. The largest absolute Gasteiger partial charge is 0.496 e. The predicted octanol–water partition coefficient (Wildman–Crippen LogP) is 6.01. The number of hydrogen-bond donors (Lipinski definition) is 0. The van der Waals surface area contributed by atoms with Crippen LogP contribution < -0.4 is 4.74 Å². The van der Waals surface area contributed by atoms with Gasteiger partial charge in [-0.3, -0.25) is 9.36 Å². The Labute approximate surface area is 173 Å². The molecule has 0 aromatic heterocycles. The number of halogens is 1. The van der Waals surface area contributed by atoms with Crippen LogP contribution in [-0.2, 0) is 31.9 Å². The first kappa shape index (κ1) is 24.0. The number of carbonyl (C=O) groups is 1. The molecule has 0 heterocycles. The maximum absolute atomic E-state index is 15.9. The molecule has 1 atom stereocenters. The van der Waals surface area contributed by atoms with Crippen molar-refractivity contribution in [1.29, 1.82) is 0 Å². The minimum absolute atomic E-state index is 0.0158. The Morgan fingerprint density at radius 2 is 1.59 bits per heavy atom. The van der Waals surface area contributed by atoms with Gasteiger partial charge >= 0.3 is 7.60 Å². The second kappa shape index (κ2) is 8.87. The standard InChI is InChI=1S/C22H34FO5P/c1-8-27-29(25,28-9-2)22(6,23)20(24)17-14-18(21(3,4)5)19(26-7)16-13-11-10-12-15(16)17/h14H,8-13H2,1-7H3. The van der Waals surface area contributed by atoms with Crippen molar-refractivity contribution in [2.24, 2.45) is 0 Å². The summed E-state index contributed by atoms with van der Waals surface area (Å²) in [6.07, 6.45) is 3.30. The van der Waals surface area contributed by atoms with Crippen molar-refractivity contribution in [2.45, 2.75) is 78.1 Å². The van der Waals surface area contributed by atoms with Crippen molar-refractivity contribution in [1.82, 2.24) is 0 Å². The molecule has 0 saturated carbocycles. The Bertz CT molecular complexity index is 800. The first-order valence-electron chi connectivity index (χ1n) is 10.3. The number of hydrogen-bond acceptors (Lipinski definition) is 5. The van der Waals surface area contributed by atoms with E-state index in [0.29, 0.717) is 6.42 Å². The second-order valence-electron chi connectivity index (χ2n) is 8.53. The highest BCUT2D eigenvalue weighted by atomic mass is 31.2. The lowest BCUT2D eigenvalue weighted by Crippen LogP contribution is -2.34. The Hall–Kier alpha value is -1.23. The first-order chi connectivity index (χ1) is 13.4. The molecule has 0 spiro atoms. The summed E-state index contributed by atoms with van der Waals surface area (Å²) in [5.74, 6) is -0.0869. The van der Waals surface area contributed by atoms with Crippen LogP contribution in [0.5, 0.6) is 5.75 Å². The van der Waals surface area contributed by atoms with Crippen LogP contribution in [0.3, 0.4) is 0 Å². The molecule has 0 N–H and O–H groups in total. The number of ketones is 1. The molecule has 7 heteroatoms. The molecule has 1 aromatic carbocycles. The minimum atomic E-state index is -4.30. The summed E-state index contributed by atoms with van der Waals surface area (Å²) in [7, 11) is -2.68. The van der Waals surface area contributed by atoms with Gasteiger partial charge in [-0.2, -0.15) is 0 Å². The quantitative estimate of drug-likeness (QED) is 0.375. The zero-order valence-electron chi connectivity index (χ0n) is 18.7. The van der Waals surface area contributed by atoms with E-state index in [4.69, 9.17) is 13.8 Å². The van der Waals surface area contributed by atoms with E-state index in [1.807, 2.05) is 20.8 Å². The number of Topliss-reactive ketones (excluding diaryl/α,β-unsaturated/α-hetero) is 1. The molecular weight excluding hydrogens is 394 g/mol. The Morgan fingerprint density at radius 3 is 2.03 bits per heavy atom. The molecule has 0 saturated heterocycles. The highest BCUT2D eigenvalue weighted by Crippen LogP contribution is 2.62. The van der Waals surface area contributed by atoms with Crippen LogP contribution in [0.2, 0.25) is 0 Å². The van der Waals surface area contributed by atoms with Gasteiger partial charge < -0.3 is 13.8 Å². The highest BCUT2D eigenvalue weighted by Gasteiger charge is 2.55. The molecule has 5 nitrogen and oxygen atoms in total. The van der Waals surface area contributed by atoms with Gasteiger partial charge in [0.25, 0.3) is 5.41 Å². The number of fused-ring (bicyclic) bond motifs is 1. The maximum Gasteiger partial charge on any atom is 0.375 e. The number of alkyl halides is 1. The van der Waals surface area contributed by atoms with Gasteiger partial charge in [0.2, 0.25) is 5.78 Å². The van der Waals surface area contributed by atoms with E-state index in [1.54, 1.807) is 27.0 Å². The SMILES string of the molecule is CCOP(=O)(OCC)C(C)(F)C(=O)c1cc(C(C)(C)C)c(OC)c2c1CCCC2. The molecule has 0 fully saturated rings. The van der Waals surface area contributed by atoms with Gasteiger partial charge in [-0.25, -0.2) is 4.39 Å². The second-order valence-corrected chi connectivity index (χ2v) is 10.9. The number of benzene rings is 1. The molecule has 164 valence electrons. The van der Waals surface area contributed by atoms with Gasteiger partial charge in [-0.1, -0.05) is 20.8 Å². The van der Waals surface area contributed by atoms with Gasteiger partial charge in [-0.15, -0.1) is 0 Å². The van der Waals surface area contributed by atoms with Crippen LogP contribution in [0.25, 0.3) is 0 Å². The monoisotopic (exact) mass is 428 g/mol. The smallest absolute Gasteiger partial charge is 0.375 e. The molecular formula is C22H34FO5P. The third-order valence-electron chi connectivity index (χ3n) is 5.38. The summed E-state index contributed by atoms with van der Waals surface area (Å²) >= 11 is 0. The first-order valence-corrected chi connectivity index (χ1v) is 11.8. The summed E-state index contributed by atoms with van der Waals surface area (Å²) in [6.45, 7) is 10.2. The van der Waals surface area contributed by atoms with Crippen molar-refractivity contribution in [3.05, 3.63) is 28.3 Å². The van der Waals surface area contributed by atoms with Crippen LogP contribution in [-0.4, -0.2) is 31.5 Å². The van der Waals surface area contributed by atoms with Crippen molar-refractivity contribution in [3.8, 4) is 5.75 Å². The van der Waals surface area contributed by atoms with E-state index in [0.717, 1.165) is 48.6 Å². The van der Waals surface area contributed by atoms with Crippen molar-refractivity contribution in [3.63, 3.8) is 0 Å². The van der Waals surface area contributed by atoms with Crippen LogP contribution in [0, 0.1) is 0 Å². The summed E-state index contributed by atoms with van der Waals surface area (Å²) < 4.78 is 45.1. The fourth-order valence-electron chi connectivity index (χ4n) is 3.90. The number of ether oxygens (including phenoxy) is 1. The fraction of sp³-hybridized carbons (Fsp3) is 0.682.